The molecule has 0 saturated heterocycles. The summed E-state index contributed by atoms with van der Waals surface area (Å²) in [5.74, 6) is 1.08. The Kier molecular flexibility index (Phi) is 2.49. The van der Waals surface area contributed by atoms with Gasteiger partial charge in [0.15, 0.2) is 0 Å². The summed E-state index contributed by atoms with van der Waals surface area (Å²) >= 11 is 6.14. The number of benzene rings is 1. The highest BCUT2D eigenvalue weighted by Gasteiger charge is 2.63. The van der Waals surface area contributed by atoms with Crippen molar-refractivity contribution in [1.82, 2.24) is 0 Å². The van der Waals surface area contributed by atoms with Crippen LogP contribution in [-0.2, 0) is 6.42 Å². The van der Waals surface area contributed by atoms with E-state index >= 15 is 0 Å². The Bertz CT molecular complexity index is 389. The summed E-state index contributed by atoms with van der Waals surface area (Å²) in [5.41, 5.74) is 0.655. The zero-order valence-corrected chi connectivity index (χ0v) is 10.1. The molecule has 0 spiro atoms. The van der Waals surface area contributed by atoms with E-state index in [2.05, 4.69) is 0 Å². The van der Waals surface area contributed by atoms with Crippen LogP contribution in [-0.4, -0.2) is 10.7 Å². The molecule has 3 rings (SSSR count). The fourth-order valence-electron chi connectivity index (χ4n) is 3.43. The van der Waals surface area contributed by atoms with Crippen LogP contribution in [0, 0.1) is 11.8 Å². The van der Waals surface area contributed by atoms with Crippen molar-refractivity contribution in [2.24, 2.45) is 11.8 Å². The first-order valence-electron chi connectivity index (χ1n) is 6.17. The number of aliphatic hydroxyl groups is 1. The summed E-state index contributed by atoms with van der Waals surface area (Å²) in [6.45, 7) is 0. The molecular weight excluding hydrogens is 220 g/mol. The first-order valence-corrected chi connectivity index (χ1v) is 6.55. The van der Waals surface area contributed by atoms with E-state index in [1.807, 2.05) is 24.3 Å². The van der Waals surface area contributed by atoms with Crippen LogP contribution < -0.4 is 0 Å². The van der Waals surface area contributed by atoms with Crippen LogP contribution in [0.5, 0.6) is 0 Å². The molecule has 1 aromatic carbocycles. The van der Waals surface area contributed by atoms with Crippen molar-refractivity contribution in [2.45, 2.75) is 37.7 Å². The highest BCUT2D eigenvalue weighted by Crippen LogP contribution is 2.60. The lowest BCUT2D eigenvalue weighted by atomic mass is 10.0. The average Bonchev–Trinajstić information content (AvgIpc) is 2.89. The topological polar surface area (TPSA) is 20.2 Å². The zero-order valence-electron chi connectivity index (χ0n) is 9.32. The van der Waals surface area contributed by atoms with E-state index in [0.717, 1.165) is 17.0 Å². The van der Waals surface area contributed by atoms with Gasteiger partial charge in [-0.3, -0.25) is 0 Å². The average molecular weight is 237 g/mol. The van der Waals surface area contributed by atoms with Crippen molar-refractivity contribution in [1.29, 1.82) is 0 Å². The van der Waals surface area contributed by atoms with Gasteiger partial charge in [0.2, 0.25) is 0 Å². The van der Waals surface area contributed by atoms with Gasteiger partial charge in [-0.05, 0) is 36.3 Å². The minimum atomic E-state index is -0.443. The van der Waals surface area contributed by atoms with Gasteiger partial charge in [0, 0.05) is 11.4 Å². The molecular formula is C14H17ClO. The standard InChI is InChI=1S/C14H17ClO/c15-13-8-4-1-5-10(13)9-14(16)11-6-2-3-7-12(11)14/h1,4-5,8,11-12,16H,2-3,6-7,9H2. The number of fused-ring (bicyclic) bond motifs is 1. The first-order chi connectivity index (χ1) is 7.72. The smallest absolute Gasteiger partial charge is 0.0751 e. The quantitative estimate of drug-likeness (QED) is 0.834. The largest absolute Gasteiger partial charge is 0.389 e. The van der Waals surface area contributed by atoms with Crippen LogP contribution in [0.4, 0.5) is 0 Å². The third kappa shape index (κ3) is 1.57. The van der Waals surface area contributed by atoms with E-state index < -0.39 is 5.60 Å². The number of hydrogen-bond donors (Lipinski definition) is 1. The Labute approximate surface area is 101 Å². The SMILES string of the molecule is OC1(Cc2ccccc2Cl)C2CCCCC21. The number of rotatable bonds is 2. The molecule has 2 aliphatic carbocycles. The molecule has 2 fully saturated rings. The number of halogens is 1. The molecule has 2 atom stereocenters. The van der Waals surface area contributed by atoms with Crippen LogP contribution in [0.3, 0.4) is 0 Å². The minimum Gasteiger partial charge on any atom is -0.389 e. The minimum absolute atomic E-state index is 0.443. The second-order valence-electron chi connectivity index (χ2n) is 5.26. The second-order valence-corrected chi connectivity index (χ2v) is 5.66. The first kappa shape index (κ1) is 10.6. The van der Waals surface area contributed by atoms with Gasteiger partial charge in [-0.15, -0.1) is 0 Å². The van der Waals surface area contributed by atoms with Crippen molar-refractivity contribution in [3.8, 4) is 0 Å². The van der Waals surface area contributed by atoms with Crippen molar-refractivity contribution < 1.29 is 5.11 Å². The predicted molar refractivity (Wildman–Crippen MR) is 65.6 cm³/mol. The third-order valence-electron chi connectivity index (χ3n) is 4.37. The molecule has 16 heavy (non-hydrogen) atoms. The second kappa shape index (κ2) is 3.75. The van der Waals surface area contributed by atoms with E-state index in [1.54, 1.807) is 0 Å². The molecule has 0 heterocycles. The maximum absolute atomic E-state index is 10.6. The van der Waals surface area contributed by atoms with Gasteiger partial charge in [0.05, 0.1) is 5.60 Å². The summed E-state index contributed by atoms with van der Waals surface area (Å²) < 4.78 is 0. The zero-order chi connectivity index (χ0) is 11.2. The van der Waals surface area contributed by atoms with Crippen molar-refractivity contribution >= 4 is 11.6 Å². The molecule has 2 saturated carbocycles. The summed E-state index contributed by atoms with van der Waals surface area (Å²) in [7, 11) is 0. The van der Waals surface area contributed by atoms with Gasteiger partial charge in [0.1, 0.15) is 0 Å². The van der Waals surface area contributed by atoms with Crippen LogP contribution in [0.1, 0.15) is 31.2 Å². The van der Waals surface area contributed by atoms with Gasteiger partial charge in [-0.2, -0.15) is 0 Å². The predicted octanol–water partition coefficient (Wildman–Crippen LogP) is 3.43. The Balaban J connectivity index is 1.78. The molecule has 0 radical (unpaired) electrons. The van der Waals surface area contributed by atoms with Crippen LogP contribution in [0.2, 0.25) is 5.02 Å². The van der Waals surface area contributed by atoms with Crippen LogP contribution in [0.25, 0.3) is 0 Å². The summed E-state index contributed by atoms with van der Waals surface area (Å²) in [5, 5.41) is 11.4. The molecule has 0 aliphatic heterocycles. The third-order valence-corrected chi connectivity index (χ3v) is 4.74. The van der Waals surface area contributed by atoms with E-state index in [1.165, 1.54) is 25.7 Å². The molecule has 2 aliphatic rings. The fraction of sp³-hybridized carbons (Fsp3) is 0.571. The normalized spacial score (nSPS) is 36.9. The number of hydrogen-bond acceptors (Lipinski definition) is 1. The Hall–Kier alpha value is -0.530. The Morgan fingerprint density at radius 3 is 2.44 bits per heavy atom. The van der Waals surface area contributed by atoms with Gasteiger partial charge < -0.3 is 5.11 Å². The molecule has 0 aromatic heterocycles. The molecule has 86 valence electrons. The van der Waals surface area contributed by atoms with E-state index in [4.69, 9.17) is 11.6 Å². The van der Waals surface area contributed by atoms with E-state index in [9.17, 15) is 5.11 Å². The summed E-state index contributed by atoms with van der Waals surface area (Å²) in [6, 6.07) is 7.88. The molecule has 0 amide bonds. The van der Waals surface area contributed by atoms with Crippen molar-refractivity contribution in [3.05, 3.63) is 34.9 Å². The summed E-state index contributed by atoms with van der Waals surface area (Å²) in [6.07, 6.45) is 5.71. The summed E-state index contributed by atoms with van der Waals surface area (Å²) in [4.78, 5) is 0. The van der Waals surface area contributed by atoms with E-state index in [0.29, 0.717) is 11.8 Å². The lowest BCUT2D eigenvalue weighted by Crippen LogP contribution is -2.16. The van der Waals surface area contributed by atoms with Gasteiger partial charge in [-0.1, -0.05) is 42.6 Å². The highest BCUT2D eigenvalue weighted by molar-refractivity contribution is 6.31. The molecule has 2 heteroatoms. The maximum Gasteiger partial charge on any atom is 0.0751 e. The van der Waals surface area contributed by atoms with Crippen LogP contribution >= 0.6 is 11.6 Å². The highest BCUT2D eigenvalue weighted by atomic mass is 35.5. The molecule has 0 bridgehead atoms. The van der Waals surface area contributed by atoms with Gasteiger partial charge in [0.25, 0.3) is 0 Å². The van der Waals surface area contributed by atoms with Crippen LogP contribution in [0.15, 0.2) is 24.3 Å². The van der Waals surface area contributed by atoms with Crippen molar-refractivity contribution in [3.63, 3.8) is 0 Å². The monoisotopic (exact) mass is 236 g/mol. The Morgan fingerprint density at radius 1 is 1.19 bits per heavy atom. The van der Waals surface area contributed by atoms with Gasteiger partial charge in [-0.25, -0.2) is 0 Å². The van der Waals surface area contributed by atoms with Crippen molar-refractivity contribution in [2.75, 3.05) is 0 Å². The molecule has 1 aromatic rings. The molecule has 1 nitrogen and oxygen atoms in total. The fourth-order valence-corrected chi connectivity index (χ4v) is 3.63. The maximum atomic E-state index is 10.6. The van der Waals surface area contributed by atoms with Gasteiger partial charge >= 0.3 is 0 Å². The lowest BCUT2D eigenvalue weighted by Gasteiger charge is -2.11. The lowest BCUT2D eigenvalue weighted by molar-refractivity contribution is 0.119. The van der Waals surface area contributed by atoms with E-state index in [-0.39, 0.29) is 0 Å². The Morgan fingerprint density at radius 2 is 1.81 bits per heavy atom. The molecule has 2 unspecified atom stereocenters. The molecule has 1 N–H and O–H groups in total.